The molecule has 0 amide bonds. The lowest BCUT2D eigenvalue weighted by atomic mass is 10.1. The number of rotatable bonds is 8. The van der Waals surface area contributed by atoms with Crippen molar-refractivity contribution in [2.45, 2.75) is 45.9 Å². The first kappa shape index (κ1) is 14.9. The molecule has 1 heterocycles. The molecule has 0 aliphatic carbocycles. The van der Waals surface area contributed by atoms with Gasteiger partial charge in [0, 0.05) is 25.8 Å². The van der Waals surface area contributed by atoms with Crippen molar-refractivity contribution < 1.29 is 9.47 Å². The fourth-order valence-electron chi connectivity index (χ4n) is 2.25. The fourth-order valence-corrected chi connectivity index (χ4v) is 2.25. The summed E-state index contributed by atoms with van der Waals surface area (Å²) < 4.78 is 11.0. The van der Waals surface area contributed by atoms with Crippen molar-refractivity contribution in [2.24, 2.45) is 0 Å². The Bertz CT molecular complexity index is 176. The zero-order valence-electron chi connectivity index (χ0n) is 11.6. The van der Waals surface area contributed by atoms with Gasteiger partial charge < -0.3 is 19.7 Å². The minimum Gasteiger partial charge on any atom is -0.352 e. The molecular weight excluding hydrogens is 216 g/mol. The molecule has 1 saturated heterocycles. The maximum atomic E-state index is 5.52. The summed E-state index contributed by atoms with van der Waals surface area (Å²) in [6.07, 6.45) is 2.38. The van der Waals surface area contributed by atoms with Crippen LogP contribution < -0.4 is 5.32 Å². The molecule has 0 aromatic rings. The van der Waals surface area contributed by atoms with Gasteiger partial charge in [-0.15, -0.1) is 0 Å². The predicted octanol–water partition coefficient (Wildman–Crippen LogP) is 1.46. The Morgan fingerprint density at radius 3 is 2.18 bits per heavy atom. The summed E-state index contributed by atoms with van der Waals surface area (Å²) in [5.41, 5.74) is 0. The third-order valence-electron chi connectivity index (χ3n) is 3.31. The highest BCUT2D eigenvalue weighted by molar-refractivity contribution is 4.76. The van der Waals surface area contributed by atoms with Crippen LogP contribution in [0, 0.1) is 0 Å². The van der Waals surface area contributed by atoms with Crippen molar-refractivity contribution >= 4 is 0 Å². The summed E-state index contributed by atoms with van der Waals surface area (Å²) in [5, 5.41) is 3.56. The van der Waals surface area contributed by atoms with Crippen LogP contribution in [-0.4, -0.2) is 56.6 Å². The van der Waals surface area contributed by atoms with Crippen LogP contribution in [0.2, 0.25) is 0 Å². The van der Waals surface area contributed by atoms with E-state index in [1.165, 1.54) is 32.5 Å². The first-order valence-corrected chi connectivity index (χ1v) is 6.99. The lowest BCUT2D eigenvalue weighted by Crippen LogP contribution is -2.45. The summed E-state index contributed by atoms with van der Waals surface area (Å²) in [6.45, 7) is 12.1. The molecule has 0 aromatic heterocycles. The van der Waals surface area contributed by atoms with Gasteiger partial charge in [-0.3, -0.25) is 0 Å². The smallest absolute Gasteiger partial charge is 0.169 e. The molecule has 1 aliphatic rings. The third kappa shape index (κ3) is 5.82. The molecule has 0 atom stereocenters. The Morgan fingerprint density at radius 1 is 1.12 bits per heavy atom. The second-order valence-corrected chi connectivity index (χ2v) is 4.46. The minimum atomic E-state index is -0.0887. The average Bonchev–Trinajstić information content (AvgIpc) is 2.37. The molecule has 102 valence electrons. The lowest BCUT2D eigenvalue weighted by molar-refractivity contribution is -0.134. The number of nitrogens with one attached hydrogen (secondary N) is 1. The highest BCUT2D eigenvalue weighted by atomic mass is 16.7. The molecule has 4 heteroatoms. The van der Waals surface area contributed by atoms with Gasteiger partial charge in [0.05, 0.1) is 0 Å². The largest absolute Gasteiger partial charge is 0.352 e. The van der Waals surface area contributed by atoms with Gasteiger partial charge in [0.15, 0.2) is 6.29 Å². The maximum absolute atomic E-state index is 5.52. The average molecular weight is 244 g/mol. The number of hydrogen-bond acceptors (Lipinski definition) is 4. The zero-order chi connectivity index (χ0) is 12.5. The van der Waals surface area contributed by atoms with Gasteiger partial charge in [-0.1, -0.05) is 6.92 Å². The summed E-state index contributed by atoms with van der Waals surface area (Å²) in [6, 6.07) is 0.626. The van der Waals surface area contributed by atoms with E-state index in [1.807, 2.05) is 13.8 Å². The van der Waals surface area contributed by atoms with E-state index < -0.39 is 0 Å². The monoisotopic (exact) mass is 244 g/mol. The maximum Gasteiger partial charge on any atom is 0.169 e. The summed E-state index contributed by atoms with van der Waals surface area (Å²) in [4.78, 5) is 2.50. The molecule has 0 aromatic carbocycles. The summed E-state index contributed by atoms with van der Waals surface area (Å²) in [5.74, 6) is 0. The molecular formula is C13H28N2O2. The van der Waals surface area contributed by atoms with Gasteiger partial charge in [0.2, 0.25) is 0 Å². The van der Waals surface area contributed by atoms with Crippen molar-refractivity contribution in [1.29, 1.82) is 0 Å². The SMILES string of the molecule is CCOC(CNC1CCN(CC)CC1)OCC. The van der Waals surface area contributed by atoms with Crippen molar-refractivity contribution in [2.75, 3.05) is 39.4 Å². The van der Waals surface area contributed by atoms with Crippen LogP contribution in [0.15, 0.2) is 0 Å². The number of likely N-dealkylation sites (tertiary alicyclic amines) is 1. The van der Waals surface area contributed by atoms with Crippen LogP contribution >= 0.6 is 0 Å². The standard InChI is InChI=1S/C13H28N2O2/c1-4-15-9-7-12(8-10-15)14-11-13(16-5-2)17-6-3/h12-14H,4-11H2,1-3H3. The Kier molecular flexibility index (Phi) is 7.77. The van der Waals surface area contributed by atoms with Crippen molar-refractivity contribution in [3.63, 3.8) is 0 Å². The van der Waals surface area contributed by atoms with E-state index in [2.05, 4.69) is 17.1 Å². The zero-order valence-corrected chi connectivity index (χ0v) is 11.6. The summed E-state index contributed by atoms with van der Waals surface area (Å²) >= 11 is 0. The molecule has 1 rings (SSSR count). The Balaban J connectivity index is 2.16. The molecule has 1 fully saturated rings. The highest BCUT2D eigenvalue weighted by Crippen LogP contribution is 2.09. The van der Waals surface area contributed by atoms with E-state index in [0.717, 1.165) is 6.54 Å². The molecule has 0 bridgehead atoms. The Labute approximate surface area is 106 Å². The molecule has 0 spiro atoms. The number of hydrogen-bond donors (Lipinski definition) is 1. The van der Waals surface area contributed by atoms with E-state index >= 15 is 0 Å². The second-order valence-electron chi connectivity index (χ2n) is 4.46. The quantitative estimate of drug-likeness (QED) is 0.655. The molecule has 1 N–H and O–H groups in total. The normalized spacial score (nSPS) is 19.1. The van der Waals surface area contributed by atoms with E-state index in [1.54, 1.807) is 0 Å². The molecule has 0 unspecified atom stereocenters. The molecule has 0 saturated carbocycles. The van der Waals surface area contributed by atoms with E-state index in [0.29, 0.717) is 19.3 Å². The van der Waals surface area contributed by atoms with Gasteiger partial charge in [-0.25, -0.2) is 0 Å². The van der Waals surface area contributed by atoms with Gasteiger partial charge in [-0.2, -0.15) is 0 Å². The van der Waals surface area contributed by atoms with Gasteiger partial charge in [0.25, 0.3) is 0 Å². The predicted molar refractivity (Wildman–Crippen MR) is 70.2 cm³/mol. The number of nitrogens with zero attached hydrogens (tertiary/aromatic N) is 1. The molecule has 17 heavy (non-hydrogen) atoms. The van der Waals surface area contributed by atoms with Crippen LogP contribution in [0.25, 0.3) is 0 Å². The van der Waals surface area contributed by atoms with E-state index in [9.17, 15) is 0 Å². The second kappa shape index (κ2) is 8.86. The minimum absolute atomic E-state index is 0.0887. The van der Waals surface area contributed by atoms with Crippen LogP contribution in [0.1, 0.15) is 33.6 Å². The van der Waals surface area contributed by atoms with E-state index in [4.69, 9.17) is 9.47 Å². The van der Waals surface area contributed by atoms with Gasteiger partial charge in [0.1, 0.15) is 0 Å². The number of piperidine rings is 1. The van der Waals surface area contributed by atoms with Gasteiger partial charge >= 0.3 is 0 Å². The van der Waals surface area contributed by atoms with Crippen LogP contribution in [0.4, 0.5) is 0 Å². The molecule has 0 radical (unpaired) electrons. The van der Waals surface area contributed by atoms with Crippen LogP contribution in [0.3, 0.4) is 0 Å². The van der Waals surface area contributed by atoms with Crippen molar-refractivity contribution in [1.82, 2.24) is 10.2 Å². The third-order valence-corrected chi connectivity index (χ3v) is 3.31. The van der Waals surface area contributed by atoms with Crippen LogP contribution in [0.5, 0.6) is 0 Å². The Morgan fingerprint density at radius 2 is 1.71 bits per heavy atom. The summed E-state index contributed by atoms with van der Waals surface area (Å²) in [7, 11) is 0. The first-order chi connectivity index (χ1) is 8.30. The highest BCUT2D eigenvalue weighted by Gasteiger charge is 2.18. The lowest BCUT2D eigenvalue weighted by Gasteiger charge is -2.32. The topological polar surface area (TPSA) is 33.7 Å². The van der Waals surface area contributed by atoms with E-state index in [-0.39, 0.29) is 6.29 Å². The van der Waals surface area contributed by atoms with Crippen LogP contribution in [-0.2, 0) is 9.47 Å². The Hall–Kier alpha value is -0.160. The fraction of sp³-hybridized carbons (Fsp3) is 1.00. The first-order valence-electron chi connectivity index (χ1n) is 6.99. The van der Waals surface area contributed by atoms with Crippen molar-refractivity contribution in [3.05, 3.63) is 0 Å². The van der Waals surface area contributed by atoms with Gasteiger partial charge in [-0.05, 0) is 46.3 Å². The molecule has 4 nitrogen and oxygen atoms in total. The number of ether oxygens (including phenoxy) is 2. The molecule has 1 aliphatic heterocycles. The van der Waals surface area contributed by atoms with Crippen molar-refractivity contribution in [3.8, 4) is 0 Å².